The van der Waals surface area contributed by atoms with Gasteiger partial charge < -0.3 is 5.73 Å². The highest BCUT2D eigenvalue weighted by Gasteiger charge is 2.16. The van der Waals surface area contributed by atoms with Gasteiger partial charge in [0.25, 0.3) is 5.91 Å². The van der Waals surface area contributed by atoms with E-state index in [1.165, 1.54) is 17.7 Å². The van der Waals surface area contributed by atoms with Gasteiger partial charge in [-0.2, -0.15) is 0 Å². The third-order valence-corrected chi connectivity index (χ3v) is 4.59. The molecule has 1 aromatic heterocycles. The van der Waals surface area contributed by atoms with Crippen LogP contribution in [-0.4, -0.2) is 10.9 Å². The second-order valence-corrected chi connectivity index (χ2v) is 6.03. The van der Waals surface area contributed by atoms with Crippen LogP contribution in [0, 0.1) is 0 Å². The molecule has 1 heterocycles. The molecule has 0 atom stereocenters. The molecule has 0 aliphatic heterocycles. The number of carbonyl (C=O) groups excluding carboxylic acids is 1. The average Bonchev–Trinajstić information content (AvgIpc) is 2.89. The number of aromatic nitrogens is 1. The zero-order valence-electron chi connectivity index (χ0n) is 11.6. The fraction of sp³-hybridized carbons (Fsp3) is 0.333. The van der Waals surface area contributed by atoms with Gasteiger partial charge in [-0.25, -0.2) is 4.98 Å². The van der Waals surface area contributed by atoms with Crippen LogP contribution in [0.25, 0.3) is 0 Å². The predicted octanol–water partition coefficient (Wildman–Crippen LogP) is 3.15. The summed E-state index contributed by atoms with van der Waals surface area (Å²) in [6.45, 7) is 0.487. The summed E-state index contributed by atoms with van der Waals surface area (Å²) in [6, 6.07) is 7.35. The Kier molecular flexibility index (Phi) is 5.33. The smallest absolute Gasteiger partial charge is 0.257 e. The minimum atomic E-state index is -0.111. The van der Waals surface area contributed by atoms with Crippen LogP contribution >= 0.6 is 23.7 Å². The van der Waals surface area contributed by atoms with Crippen LogP contribution in [0.3, 0.4) is 0 Å². The Morgan fingerprint density at radius 3 is 2.62 bits per heavy atom. The van der Waals surface area contributed by atoms with Crippen molar-refractivity contribution in [3.8, 4) is 0 Å². The molecule has 0 spiro atoms. The van der Waals surface area contributed by atoms with Crippen molar-refractivity contribution in [3.05, 3.63) is 46.0 Å². The van der Waals surface area contributed by atoms with Crippen molar-refractivity contribution < 1.29 is 4.79 Å². The summed E-state index contributed by atoms with van der Waals surface area (Å²) >= 11 is 1.60. The number of benzene rings is 1. The lowest BCUT2D eigenvalue weighted by Gasteiger charge is -2.06. The maximum absolute atomic E-state index is 12.2. The highest BCUT2D eigenvalue weighted by molar-refractivity contribution is 7.15. The molecule has 0 fully saturated rings. The molecule has 1 aliphatic carbocycles. The Hall–Kier alpha value is -1.43. The molecule has 1 amide bonds. The molecule has 1 aliphatic rings. The first-order valence-corrected chi connectivity index (χ1v) is 7.67. The maximum atomic E-state index is 12.2. The minimum absolute atomic E-state index is 0. The van der Waals surface area contributed by atoms with E-state index < -0.39 is 0 Å². The van der Waals surface area contributed by atoms with E-state index in [1.807, 2.05) is 12.1 Å². The lowest BCUT2D eigenvalue weighted by atomic mass is 10.0. The van der Waals surface area contributed by atoms with E-state index in [2.05, 4.69) is 10.3 Å². The predicted molar refractivity (Wildman–Crippen MR) is 88.3 cm³/mol. The summed E-state index contributed by atoms with van der Waals surface area (Å²) in [5, 5.41) is 3.60. The average molecular weight is 324 g/mol. The number of aryl methyl sites for hydroxylation is 2. The Morgan fingerprint density at radius 2 is 1.95 bits per heavy atom. The van der Waals surface area contributed by atoms with Crippen LogP contribution in [0.5, 0.6) is 0 Å². The van der Waals surface area contributed by atoms with Gasteiger partial charge in [-0.3, -0.25) is 10.1 Å². The van der Waals surface area contributed by atoms with Gasteiger partial charge >= 0.3 is 0 Å². The number of anilines is 1. The first-order valence-electron chi connectivity index (χ1n) is 6.85. The number of nitrogens with two attached hydrogens (primary N) is 1. The van der Waals surface area contributed by atoms with E-state index in [9.17, 15) is 4.79 Å². The summed E-state index contributed by atoms with van der Waals surface area (Å²) in [6.07, 6.45) is 4.55. The lowest BCUT2D eigenvalue weighted by Crippen LogP contribution is -2.12. The van der Waals surface area contributed by atoms with Gasteiger partial charge in [0.2, 0.25) is 0 Å². The zero-order valence-corrected chi connectivity index (χ0v) is 13.2. The minimum Gasteiger partial charge on any atom is -0.326 e. The second kappa shape index (κ2) is 7.02. The van der Waals surface area contributed by atoms with E-state index >= 15 is 0 Å². The molecule has 2 aromatic rings. The number of halogens is 1. The molecule has 0 radical (unpaired) electrons. The van der Waals surface area contributed by atoms with E-state index in [-0.39, 0.29) is 18.3 Å². The summed E-state index contributed by atoms with van der Waals surface area (Å²) in [5.41, 5.74) is 8.36. The van der Waals surface area contributed by atoms with Crippen LogP contribution in [0.15, 0.2) is 24.3 Å². The van der Waals surface area contributed by atoms with Gasteiger partial charge in [0.1, 0.15) is 0 Å². The van der Waals surface area contributed by atoms with Crippen LogP contribution in [0.4, 0.5) is 5.13 Å². The standard InChI is InChI=1S/C15H17N3OS.ClH/c16-9-10-5-7-11(8-6-10)14(19)18-15-17-12-3-1-2-4-13(12)20-15;/h5-8H,1-4,9,16H2,(H,17,18,19);1H. The molecular weight excluding hydrogens is 306 g/mol. The van der Waals surface area contributed by atoms with Crippen molar-refractivity contribution in [1.29, 1.82) is 0 Å². The van der Waals surface area contributed by atoms with Gasteiger partial charge in [0, 0.05) is 17.0 Å². The van der Waals surface area contributed by atoms with Crippen LogP contribution in [-0.2, 0) is 19.4 Å². The molecule has 6 heteroatoms. The fourth-order valence-electron chi connectivity index (χ4n) is 2.37. The van der Waals surface area contributed by atoms with Crippen LogP contribution in [0.2, 0.25) is 0 Å². The SMILES string of the molecule is Cl.NCc1ccc(C(=O)Nc2nc3c(s2)CCCC3)cc1. The second-order valence-electron chi connectivity index (χ2n) is 4.95. The van der Waals surface area contributed by atoms with Crippen molar-refractivity contribution in [2.24, 2.45) is 5.73 Å². The van der Waals surface area contributed by atoms with Crippen molar-refractivity contribution in [2.75, 3.05) is 5.32 Å². The van der Waals surface area contributed by atoms with Crippen molar-refractivity contribution in [3.63, 3.8) is 0 Å². The molecule has 0 unspecified atom stereocenters. The Morgan fingerprint density at radius 1 is 1.24 bits per heavy atom. The number of thiazole rings is 1. The van der Waals surface area contributed by atoms with Crippen LogP contribution in [0.1, 0.15) is 39.3 Å². The molecule has 1 aromatic carbocycles. The van der Waals surface area contributed by atoms with Gasteiger partial charge in [0.05, 0.1) is 5.69 Å². The van der Waals surface area contributed by atoms with Gasteiger partial charge in [-0.05, 0) is 43.4 Å². The Balaban J connectivity index is 0.00000161. The van der Waals surface area contributed by atoms with Gasteiger partial charge in [0.15, 0.2) is 5.13 Å². The normalized spacial score (nSPS) is 13.2. The maximum Gasteiger partial charge on any atom is 0.257 e. The summed E-state index contributed by atoms with van der Waals surface area (Å²) < 4.78 is 0. The van der Waals surface area contributed by atoms with Crippen LogP contribution < -0.4 is 11.1 Å². The van der Waals surface area contributed by atoms with E-state index in [0.717, 1.165) is 24.1 Å². The molecule has 0 saturated heterocycles. The van der Waals surface area contributed by atoms with Gasteiger partial charge in [-0.15, -0.1) is 23.7 Å². The number of hydrogen-bond acceptors (Lipinski definition) is 4. The molecule has 21 heavy (non-hydrogen) atoms. The summed E-state index contributed by atoms with van der Waals surface area (Å²) in [5.74, 6) is -0.111. The lowest BCUT2D eigenvalue weighted by molar-refractivity contribution is 0.102. The number of carbonyl (C=O) groups is 1. The molecule has 3 N–H and O–H groups in total. The largest absolute Gasteiger partial charge is 0.326 e. The number of nitrogens with zero attached hydrogens (tertiary/aromatic N) is 1. The van der Waals surface area contributed by atoms with E-state index in [0.29, 0.717) is 17.2 Å². The molecule has 0 saturated carbocycles. The molecule has 0 bridgehead atoms. The third-order valence-electron chi connectivity index (χ3n) is 3.52. The number of fused-ring (bicyclic) bond motifs is 1. The molecule has 3 rings (SSSR count). The Labute approximate surface area is 134 Å². The monoisotopic (exact) mass is 323 g/mol. The molecule has 112 valence electrons. The number of nitrogens with one attached hydrogen (secondary N) is 1. The van der Waals surface area contributed by atoms with E-state index in [1.54, 1.807) is 23.5 Å². The fourth-order valence-corrected chi connectivity index (χ4v) is 3.41. The first-order chi connectivity index (χ1) is 9.76. The van der Waals surface area contributed by atoms with Crippen molar-refractivity contribution in [1.82, 2.24) is 4.98 Å². The van der Waals surface area contributed by atoms with Gasteiger partial charge in [-0.1, -0.05) is 12.1 Å². The molecule has 4 nitrogen and oxygen atoms in total. The third kappa shape index (κ3) is 3.61. The topological polar surface area (TPSA) is 68.0 Å². The highest BCUT2D eigenvalue weighted by atomic mass is 35.5. The van der Waals surface area contributed by atoms with Crippen molar-refractivity contribution in [2.45, 2.75) is 32.2 Å². The quantitative estimate of drug-likeness (QED) is 0.911. The zero-order chi connectivity index (χ0) is 13.9. The van der Waals surface area contributed by atoms with E-state index in [4.69, 9.17) is 5.73 Å². The molecular formula is C15H18ClN3OS. The summed E-state index contributed by atoms with van der Waals surface area (Å²) in [4.78, 5) is 18.0. The number of hydrogen-bond donors (Lipinski definition) is 2. The first kappa shape index (κ1) is 15.9. The Bertz CT molecular complexity index is 601. The number of amides is 1. The van der Waals surface area contributed by atoms with Crippen molar-refractivity contribution >= 4 is 34.8 Å². The highest BCUT2D eigenvalue weighted by Crippen LogP contribution is 2.29. The summed E-state index contributed by atoms with van der Waals surface area (Å²) in [7, 11) is 0. The number of rotatable bonds is 3.